The minimum Gasteiger partial charge on any atom is -0.340 e. The maximum Gasteiger partial charge on any atom is 0.262 e. The maximum atomic E-state index is 12.7. The van der Waals surface area contributed by atoms with Crippen LogP contribution in [0, 0.1) is 16.1 Å². The molecule has 4 rings (SSSR count). The Morgan fingerprint density at radius 1 is 1.00 bits per heavy atom. The Hall–Kier alpha value is -3.28. The molecule has 0 atom stereocenters. The van der Waals surface area contributed by atoms with Gasteiger partial charge in [-0.3, -0.25) is 19.1 Å². The second-order valence-electron chi connectivity index (χ2n) is 8.71. The molecule has 0 unspecified atom stereocenters. The van der Waals surface area contributed by atoms with Crippen LogP contribution < -0.4 is 5.56 Å². The lowest BCUT2D eigenvalue weighted by Crippen LogP contribution is -2.48. The molecule has 0 aliphatic carbocycles. The third-order valence-electron chi connectivity index (χ3n) is 6.38. The number of hydrogen-bond donors (Lipinski definition) is 1. The van der Waals surface area contributed by atoms with Gasteiger partial charge < -0.3 is 9.88 Å². The Balaban J connectivity index is 1.17. The van der Waals surface area contributed by atoms with Crippen molar-refractivity contribution >= 4 is 29.0 Å². The first kappa shape index (κ1) is 23.9. The number of fused-ring (bicyclic) bond motifs is 1. The minimum atomic E-state index is -0.0608. The highest BCUT2D eigenvalue weighted by Gasteiger charge is 2.20. The lowest BCUT2D eigenvalue weighted by atomic mass is 10.1. The number of carbonyl (C=O) groups excluding carboxylic acids is 1. The molecular formula is C26H29N5O2S. The van der Waals surface area contributed by atoms with Crippen LogP contribution in [-0.2, 0) is 17.9 Å². The molecule has 3 aromatic rings. The summed E-state index contributed by atoms with van der Waals surface area (Å²) in [6, 6.07) is 17.2. The van der Waals surface area contributed by atoms with Crippen molar-refractivity contribution in [2.45, 2.75) is 38.8 Å². The summed E-state index contributed by atoms with van der Waals surface area (Å²) >= 11 is 5.36. The number of amides is 1. The van der Waals surface area contributed by atoms with Crippen LogP contribution in [0.25, 0.3) is 10.9 Å². The van der Waals surface area contributed by atoms with Crippen molar-refractivity contribution in [3.63, 3.8) is 0 Å². The Bertz CT molecular complexity index is 1300. The van der Waals surface area contributed by atoms with Gasteiger partial charge in [0.25, 0.3) is 5.56 Å². The van der Waals surface area contributed by atoms with Crippen LogP contribution in [0.2, 0.25) is 0 Å². The molecule has 1 saturated heterocycles. The van der Waals surface area contributed by atoms with E-state index in [1.807, 2.05) is 53.4 Å². The van der Waals surface area contributed by atoms with Gasteiger partial charge in [-0.05, 0) is 54.9 Å². The number of unbranched alkanes of at least 4 members (excludes halogenated alkanes) is 2. The van der Waals surface area contributed by atoms with E-state index >= 15 is 0 Å². The molecule has 1 N–H and O–H groups in total. The van der Waals surface area contributed by atoms with Crippen molar-refractivity contribution in [3.05, 3.63) is 74.8 Å². The van der Waals surface area contributed by atoms with Gasteiger partial charge in [0.2, 0.25) is 5.91 Å². The van der Waals surface area contributed by atoms with Crippen molar-refractivity contribution in [2.24, 2.45) is 0 Å². The Kier molecular flexibility index (Phi) is 7.88. The molecule has 1 amide bonds. The van der Waals surface area contributed by atoms with Crippen molar-refractivity contribution in [3.8, 4) is 6.07 Å². The highest BCUT2D eigenvalue weighted by Crippen LogP contribution is 2.12. The number of nitriles is 1. The van der Waals surface area contributed by atoms with Gasteiger partial charge in [-0.2, -0.15) is 5.26 Å². The van der Waals surface area contributed by atoms with E-state index in [0.29, 0.717) is 28.7 Å². The molecule has 1 aromatic heterocycles. The largest absolute Gasteiger partial charge is 0.340 e. The van der Waals surface area contributed by atoms with Crippen LogP contribution in [0.5, 0.6) is 0 Å². The van der Waals surface area contributed by atoms with Crippen molar-refractivity contribution < 1.29 is 4.79 Å². The molecule has 1 aliphatic heterocycles. The molecule has 7 nitrogen and oxygen atoms in total. The maximum absolute atomic E-state index is 12.7. The first-order valence-electron chi connectivity index (χ1n) is 11.8. The predicted octanol–water partition coefficient (Wildman–Crippen LogP) is 3.84. The number of para-hydroxylation sites is 1. The van der Waals surface area contributed by atoms with Gasteiger partial charge in [-0.15, -0.1) is 0 Å². The van der Waals surface area contributed by atoms with Crippen molar-refractivity contribution in [1.82, 2.24) is 19.4 Å². The SMILES string of the molecule is N#Cc1ccc(CN2CCN(C(=O)CCCCCn3c(=S)[nH]c4ccccc4c3=O)CC2)cc1. The number of piperazine rings is 1. The first-order chi connectivity index (χ1) is 16.5. The molecule has 0 bridgehead atoms. The summed E-state index contributed by atoms with van der Waals surface area (Å²) in [5.74, 6) is 0.207. The highest BCUT2D eigenvalue weighted by atomic mass is 32.1. The lowest BCUT2D eigenvalue weighted by Gasteiger charge is -2.34. The molecule has 0 saturated carbocycles. The van der Waals surface area contributed by atoms with E-state index in [1.54, 1.807) is 4.57 Å². The van der Waals surface area contributed by atoms with Crippen LogP contribution in [0.1, 0.15) is 36.8 Å². The number of nitrogens with one attached hydrogen (secondary N) is 1. The van der Waals surface area contributed by atoms with Gasteiger partial charge in [0.15, 0.2) is 4.77 Å². The predicted molar refractivity (Wildman–Crippen MR) is 135 cm³/mol. The summed E-state index contributed by atoms with van der Waals surface area (Å²) in [5, 5.41) is 9.56. The molecule has 34 heavy (non-hydrogen) atoms. The van der Waals surface area contributed by atoms with Gasteiger partial charge in [-0.25, -0.2) is 0 Å². The van der Waals surface area contributed by atoms with E-state index < -0.39 is 0 Å². The van der Waals surface area contributed by atoms with Gasteiger partial charge in [0.05, 0.1) is 22.5 Å². The molecule has 1 fully saturated rings. The minimum absolute atomic E-state index is 0.0608. The smallest absolute Gasteiger partial charge is 0.262 e. The van der Waals surface area contributed by atoms with Gasteiger partial charge in [-0.1, -0.05) is 30.7 Å². The third kappa shape index (κ3) is 5.79. The van der Waals surface area contributed by atoms with Crippen LogP contribution in [-0.4, -0.2) is 51.4 Å². The van der Waals surface area contributed by atoms with Crippen LogP contribution >= 0.6 is 12.2 Å². The van der Waals surface area contributed by atoms with Crippen LogP contribution in [0.15, 0.2) is 53.3 Å². The summed E-state index contributed by atoms with van der Waals surface area (Å²) in [4.78, 5) is 32.7. The van der Waals surface area contributed by atoms with Gasteiger partial charge >= 0.3 is 0 Å². The van der Waals surface area contributed by atoms with E-state index in [-0.39, 0.29) is 11.5 Å². The summed E-state index contributed by atoms with van der Waals surface area (Å²) in [7, 11) is 0. The zero-order valence-corrected chi connectivity index (χ0v) is 20.0. The fourth-order valence-corrected chi connectivity index (χ4v) is 4.67. The summed E-state index contributed by atoms with van der Waals surface area (Å²) in [6.07, 6.45) is 3.03. The second kappa shape index (κ2) is 11.2. The number of nitrogens with zero attached hydrogens (tertiary/aromatic N) is 4. The monoisotopic (exact) mass is 475 g/mol. The molecular weight excluding hydrogens is 446 g/mol. The number of hydrogen-bond acceptors (Lipinski definition) is 5. The summed E-state index contributed by atoms with van der Waals surface area (Å²) in [5.41, 5.74) is 2.56. The Morgan fingerprint density at radius 2 is 1.74 bits per heavy atom. The Labute approximate surface area is 204 Å². The van der Waals surface area contributed by atoms with Gasteiger partial charge in [0, 0.05) is 45.7 Å². The zero-order chi connectivity index (χ0) is 23.9. The molecule has 2 aromatic carbocycles. The molecule has 176 valence electrons. The van der Waals surface area contributed by atoms with Crippen LogP contribution in [0.3, 0.4) is 0 Å². The second-order valence-corrected chi connectivity index (χ2v) is 9.10. The molecule has 0 spiro atoms. The van der Waals surface area contributed by atoms with E-state index in [9.17, 15) is 9.59 Å². The quantitative estimate of drug-likeness (QED) is 0.395. The van der Waals surface area contributed by atoms with E-state index in [2.05, 4.69) is 16.0 Å². The number of aromatic amines is 1. The van der Waals surface area contributed by atoms with E-state index in [4.69, 9.17) is 17.5 Å². The Morgan fingerprint density at radius 3 is 2.47 bits per heavy atom. The fourth-order valence-electron chi connectivity index (χ4n) is 4.38. The van der Waals surface area contributed by atoms with Crippen molar-refractivity contribution in [1.29, 1.82) is 5.26 Å². The summed E-state index contributed by atoms with van der Waals surface area (Å²) < 4.78 is 2.06. The summed E-state index contributed by atoms with van der Waals surface area (Å²) in [6.45, 7) is 4.60. The number of H-pyrrole nitrogens is 1. The average Bonchev–Trinajstić information content (AvgIpc) is 2.86. The molecule has 1 aliphatic rings. The zero-order valence-electron chi connectivity index (χ0n) is 19.2. The van der Waals surface area contributed by atoms with Crippen molar-refractivity contribution in [2.75, 3.05) is 26.2 Å². The van der Waals surface area contributed by atoms with Crippen LogP contribution in [0.4, 0.5) is 0 Å². The van der Waals surface area contributed by atoms with E-state index in [1.165, 1.54) is 5.56 Å². The highest BCUT2D eigenvalue weighted by molar-refractivity contribution is 7.71. The normalized spacial score (nSPS) is 14.3. The standard InChI is InChI=1S/C26H29N5O2S/c27-18-20-9-11-21(12-10-20)19-29-14-16-30(17-15-29)24(32)8-2-1-5-13-31-25(33)22-6-3-4-7-23(22)28-26(31)34/h3-4,6-7,9-12H,1-2,5,8,13-17,19H2,(H,28,34). The number of rotatable bonds is 8. The van der Waals surface area contributed by atoms with Gasteiger partial charge in [0.1, 0.15) is 0 Å². The first-order valence-corrected chi connectivity index (χ1v) is 12.2. The molecule has 2 heterocycles. The number of carbonyl (C=O) groups is 1. The number of aromatic nitrogens is 2. The lowest BCUT2D eigenvalue weighted by molar-refractivity contribution is -0.133. The topological polar surface area (TPSA) is 85.1 Å². The molecule has 8 heteroatoms. The third-order valence-corrected chi connectivity index (χ3v) is 6.70. The fraction of sp³-hybridized carbons (Fsp3) is 0.385. The number of benzene rings is 2. The average molecular weight is 476 g/mol. The van der Waals surface area contributed by atoms with E-state index in [0.717, 1.165) is 57.5 Å². The molecule has 0 radical (unpaired) electrons.